The van der Waals surface area contributed by atoms with Crippen LogP contribution in [0, 0.1) is 5.92 Å². The average molecular weight is 720 g/mol. The molecular formula is C36H49N9O7. The molecular weight excluding hydrogens is 670 g/mol. The van der Waals surface area contributed by atoms with Crippen LogP contribution in [0.2, 0.25) is 0 Å². The third-order valence-electron chi connectivity index (χ3n) is 10.9. The van der Waals surface area contributed by atoms with Crippen LogP contribution in [0.3, 0.4) is 0 Å². The number of primary amides is 1. The van der Waals surface area contributed by atoms with Crippen LogP contribution in [0.1, 0.15) is 83.4 Å². The third-order valence-corrected chi connectivity index (χ3v) is 10.9. The van der Waals surface area contributed by atoms with Crippen LogP contribution in [-0.2, 0) is 36.6 Å². The Morgan fingerprint density at radius 3 is 2.52 bits per heavy atom. The van der Waals surface area contributed by atoms with Gasteiger partial charge in [0.1, 0.15) is 23.2 Å². The number of ketones is 1. The smallest absolute Gasteiger partial charge is 0.319 e. The summed E-state index contributed by atoms with van der Waals surface area (Å²) in [5.74, 6) is -3.03. The van der Waals surface area contributed by atoms with Gasteiger partial charge in [0.2, 0.25) is 17.6 Å². The Bertz CT molecular complexity index is 1820. The maximum absolute atomic E-state index is 14.8. The molecule has 5 amide bonds. The predicted molar refractivity (Wildman–Crippen MR) is 190 cm³/mol. The minimum Gasteiger partial charge on any atom is -0.384 e. The van der Waals surface area contributed by atoms with E-state index in [0.717, 1.165) is 43.0 Å². The molecule has 0 bridgehead atoms. The fraction of sp³-hybridized carbons (Fsp3) is 0.583. The molecule has 3 atom stereocenters. The van der Waals surface area contributed by atoms with Crippen LogP contribution < -0.4 is 21.7 Å². The summed E-state index contributed by atoms with van der Waals surface area (Å²) in [5.41, 5.74) is 4.42. The lowest BCUT2D eigenvalue weighted by Gasteiger charge is -2.37. The summed E-state index contributed by atoms with van der Waals surface area (Å²) in [6.07, 6.45) is 8.84. The normalized spacial score (nSPS) is 21.4. The number of nitrogens with two attached hydrogens (primary N) is 1. The molecule has 2 saturated heterocycles. The number of carbonyl (C=O) groups excluding carboxylic acids is 5. The number of hydrogen-bond acceptors (Lipinski definition) is 9. The van der Waals surface area contributed by atoms with E-state index >= 15 is 0 Å². The van der Waals surface area contributed by atoms with Crippen molar-refractivity contribution < 1.29 is 33.8 Å². The Hall–Kier alpha value is -4.83. The number of carbonyl (C=O) groups is 5. The van der Waals surface area contributed by atoms with Gasteiger partial charge in [-0.25, -0.2) is 9.48 Å². The number of anilines is 1. The molecule has 0 radical (unpaired) electrons. The first-order chi connectivity index (χ1) is 24.8. The molecule has 52 heavy (non-hydrogen) atoms. The Kier molecular flexibility index (Phi) is 10.7. The number of urea groups is 1. The summed E-state index contributed by atoms with van der Waals surface area (Å²) in [4.78, 5) is 69.5. The third kappa shape index (κ3) is 7.67. The topological polar surface area (TPSA) is 216 Å². The number of aliphatic hydroxyl groups is 1. The van der Waals surface area contributed by atoms with Crippen LogP contribution in [-0.4, -0.2) is 96.5 Å². The molecule has 1 aromatic carbocycles. The van der Waals surface area contributed by atoms with Gasteiger partial charge >= 0.3 is 6.03 Å². The second kappa shape index (κ2) is 15.0. The number of ether oxygens (including phenoxy) is 1. The van der Waals surface area contributed by atoms with Crippen LogP contribution in [0.25, 0.3) is 10.9 Å². The van der Waals surface area contributed by atoms with Crippen molar-refractivity contribution in [2.45, 2.75) is 101 Å². The molecule has 3 aliphatic rings. The molecule has 1 aliphatic carbocycles. The lowest BCUT2D eigenvalue weighted by molar-refractivity contribution is -0.147. The number of rotatable bonds is 11. The Labute approximate surface area is 301 Å². The molecule has 4 heterocycles. The molecule has 6 N–H and O–H groups in total. The number of aryl methyl sites for hydroxylation is 1. The van der Waals surface area contributed by atoms with Crippen LogP contribution >= 0.6 is 0 Å². The highest BCUT2D eigenvalue weighted by Gasteiger charge is 2.49. The highest BCUT2D eigenvalue weighted by Crippen LogP contribution is 2.34. The quantitative estimate of drug-likeness (QED) is 0.183. The van der Waals surface area contributed by atoms with E-state index in [2.05, 4.69) is 26.3 Å². The SMILES string of the molecule is Cn1ccc2c(NC(=O)NC(CC3CCCCC3)C(=O)N3C[C@@H](n4nncc4C(C)(C)O)C[C@H]3C(=O)NC3(C(=O)C(N)=O)CCOCC3)cccc21. The van der Waals surface area contributed by atoms with E-state index in [-0.39, 0.29) is 44.9 Å². The van der Waals surface area contributed by atoms with Crippen molar-refractivity contribution in [2.24, 2.45) is 18.7 Å². The number of benzene rings is 1. The monoisotopic (exact) mass is 719 g/mol. The standard InChI is InChI=1S/C36H49N9O7/c1-35(2,51)29-20-38-42-45(29)23-19-28(32(48)41-36(30(46)31(37)47)13-16-52-17-14-36)44(21-23)33(49)26(18-22-8-5-4-6-9-22)40-34(50)39-25-10-7-11-27-24(25)12-15-43(27)3/h7,10-12,15,20,22-23,26,28,51H,4-6,8-9,13-14,16-19,21H2,1-3H3,(H2,37,47)(H,41,48)(H2,39,40,50)/t23-,26?,28-/m0/s1. The Morgan fingerprint density at radius 1 is 1.10 bits per heavy atom. The van der Waals surface area contributed by atoms with Gasteiger partial charge in [0, 0.05) is 63.2 Å². The molecule has 3 aromatic rings. The van der Waals surface area contributed by atoms with E-state index in [1.54, 1.807) is 19.9 Å². The van der Waals surface area contributed by atoms with Gasteiger partial charge in [-0.15, -0.1) is 5.10 Å². The van der Waals surface area contributed by atoms with E-state index in [1.807, 2.05) is 36.0 Å². The van der Waals surface area contributed by atoms with Gasteiger partial charge in [-0.05, 0) is 44.4 Å². The van der Waals surface area contributed by atoms with E-state index in [9.17, 15) is 29.1 Å². The second-order valence-electron chi connectivity index (χ2n) is 15.0. The van der Waals surface area contributed by atoms with Crippen molar-refractivity contribution in [2.75, 3.05) is 25.1 Å². The first-order valence-corrected chi connectivity index (χ1v) is 18.1. The maximum atomic E-state index is 14.8. The molecule has 0 spiro atoms. The lowest BCUT2D eigenvalue weighted by atomic mass is 9.84. The molecule has 2 aromatic heterocycles. The summed E-state index contributed by atoms with van der Waals surface area (Å²) in [6, 6.07) is 4.25. The van der Waals surface area contributed by atoms with Crippen LogP contribution in [0.15, 0.2) is 36.7 Å². The molecule has 6 rings (SSSR count). The van der Waals surface area contributed by atoms with Crippen molar-refractivity contribution in [3.05, 3.63) is 42.4 Å². The van der Waals surface area contributed by atoms with E-state index in [4.69, 9.17) is 10.5 Å². The van der Waals surface area contributed by atoms with Crippen LogP contribution in [0.4, 0.5) is 10.5 Å². The van der Waals surface area contributed by atoms with Gasteiger partial charge in [0.05, 0.1) is 23.6 Å². The van der Waals surface area contributed by atoms with Crippen molar-refractivity contribution >= 4 is 46.1 Å². The molecule has 1 saturated carbocycles. The van der Waals surface area contributed by atoms with Crippen LogP contribution in [0.5, 0.6) is 0 Å². The zero-order chi connectivity index (χ0) is 37.2. The zero-order valence-corrected chi connectivity index (χ0v) is 30.0. The highest BCUT2D eigenvalue weighted by molar-refractivity contribution is 6.39. The zero-order valence-electron chi connectivity index (χ0n) is 30.0. The Morgan fingerprint density at radius 2 is 1.83 bits per heavy atom. The second-order valence-corrected chi connectivity index (χ2v) is 15.0. The number of hydrogen-bond donors (Lipinski definition) is 5. The fourth-order valence-electron chi connectivity index (χ4n) is 8.02. The summed E-state index contributed by atoms with van der Waals surface area (Å²) in [6.45, 7) is 3.45. The van der Waals surface area contributed by atoms with E-state index in [0.29, 0.717) is 17.8 Å². The van der Waals surface area contributed by atoms with Gasteiger partial charge in [-0.2, -0.15) is 0 Å². The van der Waals surface area contributed by atoms with E-state index in [1.165, 1.54) is 15.8 Å². The fourth-order valence-corrected chi connectivity index (χ4v) is 8.02. The molecule has 2 aliphatic heterocycles. The first kappa shape index (κ1) is 36.9. The molecule has 16 nitrogen and oxygen atoms in total. The number of aromatic nitrogens is 4. The van der Waals surface area contributed by atoms with E-state index < -0.39 is 58.8 Å². The largest absolute Gasteiger partial charge is 0.384 e. The number of amides is 5. The minimum absolute atomic E-state index is 0.0109. The van der Waals surface area contributed by atoms with Gasteiger partial charge in [0.25, 0.3) is 5.91 Å². The average Bonchev–Trinajstić information content (AvgIpc) is 3.87. The highest BCUT2D eigenvalue weighted by atomic mass is 16.5. The van der Waals surface area contributed by atoms with Crippen molar-refractivity contribution in [1.82, 2.24) is 35.1 Å². The lowest BCUT2D eigenvalue weighted by Crippen LogP contribution is -2.64. The van der Waals surface area contributed by atoms with Gasteiger partial charge in [-0.1, -0.05) is 43.4 Å². The summed E-state index contributed by atoms with van der Waals surface area (Å²) < 4.78 is 8.89. The number of likely N-dealkylation sites (tertiary alicyclic amines) is 1. The van der Waals surface area contributed by atoms with Crippen molar-refractivity contribution in [1.29, 1.82) is 0 Å². The van der Waals surface area contributed by atoms with Crippen molar-refractivity contribution in [3.63, 3.8) is 0 Å². The summed E-state index contributed by atoms with van der Waals surface area (Å²) >= 11 is 0. The Balaban J connectivity index is 1.31. The summed E-state index contributed by atoms with van der Waals surface area (Å²) in [5, 5.41) is 28.6. The van der Waals surface area contributed by atoms with Gasteiger partial charge < -0.3 is 41.0 Å². The summed E-state index contributed by atoms with van der Waals surface area (Å²) in [7, 11) is 1.92. The van der Waals surface area contributed by atoms with Gasteiger partial charge in [0.15, 0.2) is 0 Å². The number of Topliss-reactive ketones (excluding diaryl/α,β-unsaturated/α-hetero) is 1. The minimum atomic E-state index is -1.59. The maximum Gasteiger partial charge on any atom is 0.319 e. The molecule has 280 valence electrons. The van der Waals surface area contributed by atoms with Gasteiger partial charge in [-0.3, -0.25) is 19.2 Å². The van der Waals surface area contributed by atoms with Crippen molar-refractivity contribution in [3.8, 4) is 0 Å². The first-order valence-electron chi connectivity index (χ1n) is 18.1. The molecule has 3 fully saturated rings. The molecule has 1 unspecified atom stereocenters. The number of nitrogens with one attached hydrogen (secondary N) is 3. The number of fused-ring (bicyclic) bond motifs is 1. The number of nitrogens with zero attached hydrogens (tertiary/aromatic N) is 5. The molecule has 16 heteroatoms. The predicted octanol–water partition coefficient (Wildman–Crippen LogP) is 2.02.